The molecular weight excluding hydrogens is 538 g/mol. The van der Waals surface area contributed by atoms with Gasteiger partial charge in [0.05, 0.1) is 0 Å². The molecule has 0 saturated carbocycles. The van der Waals surface area contributed by atoms with Crippen LogP contribution in [0.3, 0.4) is 0 Å². The summed E-state index contributed by atoms with van der Waals surface area (Å²) in [7, 11) is 2.56. The van der Waals surface area contributed by atoms with Crippen molar-refractivity contribution in [1.29, 1.82) is 0 Å². The van der Waals surface area contributed by atoms with Crippen LogP contribution in [0.1, 0.15) is 17.3 Å². The second-order valence-corrected chi connectivity index (χ2v) is 10.8. The number of alkyl halides is 3. The maximum atomic E-state index is 14.4. The third-order valence-corrected chi connectivity index (χ3v) is 8.81. The van der Waals surface area contributed by atoms with Crippen molar-refractivity contribution >= 4 is 36.9 Å². The molecule has 2 amide bonds. The molecule has 1 N–H and O–H groups in total. The molecule has 1 fully saturated rings. The van der Waals surface area contributed by atoms with E-state index in [0.717, 1.165) is 25.2 Å². The molecule has 4 rings (SSSR count). The molecule has 1 saturated heterocycles. The summed E-state index contributed by atoms with van der Waals surface area (Å²) >= 11 is -0.954. The van der Waals surface area contributed by atoms with Crippen LogP contribution in [0.4, 0.5) is 27.6 Å². The molecule has 1 aliphatic heterocycles. The predicted octanol–water partition coefficient (Wildman–Crippen LogP) is 3.10. The molecule has 3 aromatic rings. The van der Waals surface area contributed by atoms with Crippen molar-refractivity contribution in [2.45, 2.75) is 16.4 Å². The molecule has 1 aliphatic rings. The summed E-state index contributed by atoms with van der Waals surface area (Å²) in [6.07, 6.45) is -4.70. The van der Waals surface area contributed by atoms with Gasteiger partial charge in [0.25, 0.3) is 0 Å². The van der Waals surface area contributed by atoms with Crippen LogP contribution in [0.5, 0.6) is 0 Å². The maximum absolute atomic E-state index is 14.4. The Hall–Kier alpha value is -3.24. The first kappa shape index (κ1) is 24.9. The van der Waals surface area contributed by atoms with Gasteiger partial charge in [0.2, 0.25) is 0 Å². The van der Waals surface area contributed by atoms with E-state index in [9.17, 15) is 31.5 Å². The zero-order valence-corrected chi connectivity index (χ0v) is 20.1. The number of benzene rings is 2. The van der Waals surface area contributed by atoms with Gasteiger partial charge in [-0.05, 0) is 0 Å². The van der Waals surface area contributed by atoms with Crippen LogP contribution >= 0.6 is 0 Å². The Morgan fingerprint density at radius 3 is 2.43 bits per heavy atom. The van der Waals surface area contributed by atoms with Crippen LogP contribution in [-0.2, 0) is 22.8 Å². The van der Waals surface area contributed by atoms with Crippen molar-refractivity contribution in [2.24, 2.45) is 7.05 Å². The van der Waals surface area contributed by atoms with E-state index in [4.69, 9.17) is 0 Å². The topological polar surface area (TPSA) is 67.2 Å². The SMILES string of the molecule is CN1CC(c2cc(C(F)(F)F)n(C)n2)C([Se]c2ccccc2)(C(=O)Nc2cccc(F)c2F)C1=O. The summed E-state index contributed by atoms with van der Waals surface area (Å²) in [5.41, 5.74) is -1.60. The van der Waals surface area contributed by atoms with Gasteiger partial charge < -0.3 is 0 Å². The molecule has 0 spiro atoms. The van der Waals surface area contributed by atoms with Crippen LogP contribution < -0.4 is 9.78 Å². The molecule has 2 atom stereocenters. The number of hydrogen-bond acceptors (Lipinski definition) is 3. The number of rotatable bonds is 5. The van der Waals surface area contributed by atoms with Crippen molar-refractivity contribution in [2.75, 3.05) is 18.9 Å². The van der Waals surface area contributed by atoms with Crippen molar-refractivity contribution in [3.63, 3.8) is 0 Å². The van der Waals surface area contributed by atoms with Crippen LogP contribution in [0, 0.1) is 11.6 Å². The Morgan fingerprint density at radius 2 is 1.80 bits per heavy atom. The van der Waals surface area contributed by atoms with Gasteiger partial charge in [-0.1, -0.05) is 0 Å². The summed E-state index contributed by atoms with van der Waals surface area (Å²) in [6, 6.07) is 12.6. The zero-order valence-electron chi connectivity index (χ0n) is 18.4. The van der Waals surface area contributed by atoms with Gasteiger partial charge in [-0.15, -0.1) is 0 Å². The number of nitrogens with zero attached hydrogens (tertiary/aromatic N) is 3. The van der Waals surface area contributed by atoms with Gasteiger partial charge >= 0.3 is 203 Å². The number of hydrogen-bond donors (Lipinski definition) is 1. The summed E-state index contributed by atoms with van der Waals surface area (Å²) < 4.78 is 67.9. The van der Waals surface area contributed by atoms with Crippen LogP contribution in [-0.4, -0.2) is 55.0 Å². The second-order valence-electron chi connectivity index (χ2n) is 8.02. The van der Waals surface area contributed by atoms with Gasteiger partial charge in [-0.2, -0.15) is 0 Å². The molecule has 0 bridgehead atoms. The summed E-state index contributed by atoms with van der Waals surface area (Å²) in [5, 5.41) is 6.31. The van der Waals surface area contributed by atoms with E-state index < -0.39 is 66.2 Å². The fraction of sp³-hybridized carbons (Fsp3) is 0.261. The van der Waals surface area contributed by atoms with Gasteiger partial charge in [-0.3, -0.25) is 0 Å². The van der Waals surface area contributed by atoms with Gasteiger partial charge in [0.15, 0.2) is 0 Å². The summed E-state index contributed by atoms with van der Waals surface area (Å²) in [4.78, 5) is 28.5. The van der Waals surface area contributed by atoms with E-state index in [1.165, 1.54) is 18.0 Å². The number of likely N-dealkylation sites (tertiary alicyclic amines) is 1. The number of aromatic nitrogens is 2. The van der Waals surface area contributed by atoms with Gasteiger partial charge in [-0.25, -0.2) is 0 Å². The Bertz CT molecular complexity index is 1280. The second kappa shape index (κ2) is 9.08. The van der Waals surface area contributed by atoms with Gasteiger partial charge in [0, 0.05) is 0 Å². The first-order chi connectivity index (χ1) is 16.4. The minimum atomic E-state index is -4.70. The Balaban J connectivity index is 1.86. The van der Waals surface area contributed by atoms with Gasteiger partial charge in [0.1, 0.15) is 0 Å². The normalized spacial score (nSPS) is 20.4. The monoisotopic (exact) mass is 558 g/mol. The van der Waals surface area contributed by atoms with E-state index >= 15 is 0 Å². The number of anilines is 1. The molecule has 0 aliphatic carbocycles. The number of carbonyl (C=O) groups excluding carboxylic acids is 2. The number of halogens is 5. The molecule has 12 heteroatoms. The molecule has 35 heavy (non-hydrogen) atoms. The minimum absolute atomic E-state index is 0.0826. The number of amides is 2. The fourth-order valence-electron chi connectivity index (χ4n) is 4.05. The molecule has 0 radical (unpaired) electrons. The molecular formula is C23H19F5N4O2Se. The van der Waals surface area contributed by atoms with Crippen molar-refractivity contribution in [3.8, 4) is 0 Å². The Labute approximate surface area is 203 Å². The summed E-state index contributed by atoms with van der Waals surface area (Å²) in [5.74, 6) is -5.16. The number of aryl methyl sites for hydroxylation is 1. The zero-order chi connectivity index (χ0) is 25.5. The molecule has 2 heterocycles. The molecule has 184 valence electrons. The number of carbonyl (C=O) groups is 2. The predicted molar refractivity (Wildman–Crippen MR) is 118 cm³/mol. The Kier molecular flexibility index (Phi) is 6.46. The number of likely N-dealkylation sites (N-methyl/N-ethyl adjacent to an activating group) is 1. The average molecular weight is 557 g/mol. The molecule has 6 nitrogen and oxygen atoms in total. The van der Waals surface area contributed by atoms with Crippen molar-refractivity contribution in [1.82, 2.24) is 14.7 Å². The third kappa shape index (κ3) is 4.43. The molecule has 2 unspecified atom stereocenters. The standard InChI is InChI=1S/C23H19F5N4O2Se/c1-31-12-14(17-11-18(23(26,27)28)32(2)30-17)22(21(31)34,35-13-7-4-3-5-8-13)20(33)29-16-10-6-9-15(24)19(16)25/h3-11,14H,12H2,1-2H3,(H,29,33). The molecule has 1 aromatic heterocycles. The van der Waals surface area contributed by atoms with E-state index in [-0.39, 0.29) is 12.2 Å². The first-order valence-corrected chi connectivity index (χ1v) is 12.0. The molecule has 2 aromatic carbocycles. The van der Waals surface area contributed by atoms with E-state index in [0.29, 0.717) is 9.14 Å². The van der Waals surface area contributed by atoms with Crippen molar-refractivity contribution in [3.05, 3.63) is 77.6 Å². The Morgan fingerprint density at radius 1 is 1.11 bits per heavy atom. The van der Waals surface area contributed by atoms with Crippen molar-refractivity contribution < 1.29 is 31.5 Å². The quantitative estimate of drug-likeness (QED) is 0.298. The van der Waals surface area contributed by atoms with Crippen LogP contribution in [0.15, 0.2) is 54.6 Å². The number of nitrogens with one attached hydrogen (secondary N) is 1. The van der Waals surface area contributed by atoms with E-state index in [1.54, 1.807) is 30.3 Å². The van der Waals surface area contributed by atoms with Crippen LogP contribution in [0.2, 0.25) is 4.31 Å². The summed E-state index contributed by atoms with van der Waals surface area (Å²) in [6.45, 7) is -0.0826. The average Bonchev–Trinajstić information content (AvgIpc) is 3.31. The fourth-order valence-corrected chi connectivity index (χ4v) is 6.97. The van der Waals surface area contributed by atoms with E-state index in [2.05, 4.69) is 10.4 Å². The van der Waals surface area contributed by atoms with Crippen LogP contribution in [0.25, 0.3) is 0 Å². The van der Waals surface area contributed by atoms with E-state index in [1.807, 2.05) is 0 Å². The first-order valence-electron chi connectivity index (χ1n) is 10.3. The third-order valence-electron chi connectivity index (χ3n) is 5.72.